The van der Waals surface area contributed by atoms with Gasteiger partial charge in [0, 0.05) is 35.2 Å². The SMILES string of the molecule is CCOC1CC(N)(C(=O)Nc2ccc(C(=O)NC(C)(C)CC)cc2)C1(C)C. The third-order valence-electron chi connectivity index (χ3n) is 5.98. The standard InChI is InChI=1S/C21H33N3O3/c1-7-19(3,4)24-17(25)14-9-11-15(12-10-14)23-18(26)21(22)13-16(27-8-2)20(21,5)6/h9-12,16H,7-8,13,22H2,1-6H3,(H,23,26)(H,24,25). The van der Waals surface area contributed by atoms with Gasteiger partial charge in [0.25, 0.3) is 5.91 Å². The van der Waals surface area contributed by atoms with Crippen molar-refractivity contribution >= 4 is 17.5 Å². The van der Waals surface area contributed by atoms with E-state index in [2.05, 4.69) is 10.6 Å². The Morgan fingerprint density at radius 2 is 1.81 bits per heavy atom. The first-order valence-electron chi connectivity index (χ1n) is 9.61. The zero-order chi connectivity index (χ0) is 20.5. The fourth-order valence-electron chi connectivity index (χ4n) is 3.24. The van der Waals surface area contributed by atoms with Crippen molar-refractivity contribution in [2.45, 2.75) is 71.6 Å². The van der Waals surface area contributed by atoms with Crippen molar-refractivity contribution in [2.75, 3.05) is 11.9 Å². The van der Waals surface area contributed by atoms with Crippen LogP contribution in [0.25, 0.3) is 0 Å². The summed E-state index contributed by atoms with van der Waals surface area (Å²) in [7, 11) is 0. The van der Waals surface area contributed by atoms with Crippen molar-refractivity contribution in [1.82, 2.24) is 5.32 Å². The minimum Gasteiger partial charge on any atom is -0.378 e. The number of nitrogens with two attached hydrogens (primary N) is 1. The second-order valence-electron chi connectivity index (χ2n) is 8.56. The third-order valence-corrected chi connectivity index (χ3v) is 5.98. The molecule has 6 nitrogen and oxygen atoms in total. The van der Waals surface area contributed by atoms with Crippen LogP contribution >= 0.6 is 0 Å². The van der Waals surface area contributed by atoms with Gasteiger partial charge in [0.2, 0.25) is 5.91 Å². The zero-order valence-electron chi connectivity index (χ0n) is 17.3. The van der Waals surface area contributed by atoms with E-state index >= 15 is 0 Å². The van der Waals surface area contributed by atoms with Gasteiger partial charge in [0.1, 0.15) is 5.54 Å². The van der Waals surface area contributed by atoms with E-state index in [0.29, 0.717) is 24.3 Å². The minimum atomic E-state index is -0.978. The largest absolute Gasteiger partial charge is 0.378 e. The quantitative estimate of drug-likeness (QED) is 0.683. The summed E-state index contributed by atoms with van der Waals surface area (Å²) in [5, 5.41) is 5.87. The molecule has 1 aliphatic rings. The highest BCUT2D eigenvalue weighted by Gasteiger charge is 2.62. The van der Waals surface area contributed by atoms with Gasteiger partial charge in [-0.1, -0.05) is 20.8 Å². The van der Waals surface area contributed by atoms with Crippen molar-refractivity contribution < 1.29 is 14.3 Å². The molecule has 4 N–H and O–H groups in total. The lowest BCUT2D eigenvalue weighted by Crippen LogP contribution is -2.74. The molecule has 1 aliphatic carbocycles. The minimum absolute atomic E-state index is 0.0220. The van der Waals surface area contributed by atoms with E-state index in [1.54, 1.807) is 24.3 Å². The molecule has 0 aliphatic heterocycles. The van der Waals surface area contributed by atoms with E-state index in [1.807, 2.05) is 41.5 Å². The molecule has 1 fully saturated rings. The molecule has 0 radical (unpaired) electrons. The lowest BCUT2D eigenvalue weighted by atomic mass is 9.54. The highest BCUT2D eigenvalue weighted by atomic mass is 16.5. The van der Waals surface area contributed by atoms with Crippen LogP contribution in [0.1, 0.15) is 64.7 Å². The molecule has 2 amide bonds. The number of carbonyl (C=O) groups is 2. The van der Waals surface area contributed by atoms with Crippen LogP contribution in [0.2, 0.25) is 0 Å². The second-order valence-corrected chi connectivity index (χ2v) is 8.56. The maximum Gasteiger partial charge on any atom is 0.251 e. The Balaban J connectivity index is 2.03. The number of carbonyl (C=O) groups excluding carboxylic acids is 2. The molecule has 2 rings (SSSR count). The number of hydrogen-bond donors (Lipinski definition) is 3. The number of ether oxygens (including phenoxy) is 1. The van der Waals surface area contributed by atoms with Gasteiger partial charge >= 0.3 is 0 Å². The van der Waals surface area contributed by atoms with Gasteiger partial charge in [-0.05, 0) is 51.5 Å². The summed E-state index contributed by atoms with van der Waals surface area (Å²) in [4.78, 5) is 25.1. The average Bonchev–Trinajstić information content (AvgIpc) is 2.61. The highest BCUT2D eigenvalue weighted by molar-refractivity contribution is 6.00. The normalized spacial score (nSPS) is 24.0. The summed E-state index contributed by atoms with van der Waals surface area (Å²) in [6.07, 6.45) is 1.31. The van der Waals surface area contributed by atoms with E-state index in [9.17, 15) is 9.59 Å². The van der Waals surface area contributed by atoms with Gasteiger partial charge in [-0.25, -0.2) is 0 Å². The number of hydrogen-bond acceptors (Lipinski definition) is 4. The van der Waals surface area contributed by atoms with Gasteiger partial charge in [-0.2, -0.15) is 0 Å². The zero-order valence-corrected chi connectivity index (χ0v) is 17.3. The van der Waals surface area contributed by atoms with Gasteiger partial charge in [0.15, 0.2) is 0 Å². The molecule has 0 aromatic heterocycles. The Morgan fingerprint density at radius 1 is 1.22 bits per heavy atom. The van der Waals surface area contributed by atoms with Gasteiger partial charge in [-0.3, -0.25) is 9.59 Å². The first-order valence-corrected chi connectivity index (χ1v) is 9.61. The Kier molecular flexibility index (Phi) is 6.02. The highest BCUT2D eigenvalue weighted by Crippen LogP contribution is 2.50. The molecule has 0 saturated heterocycles. The molecular weight excluding hydrogens is 342 g/mol. The maximum absolute atomic E-state index is 12.8. The van der Waals surface area contributed by atoms with Gasteiger partial charge in [-0.15, -0.1) is 0 Å². The smallest absolute Gasteiger partial charge is 0.251 e. The molecule has 6 heteroatoms. The molecular formula is C21H33N3O3. The van der Waals surface area contributed by atoms with Crippen LogP contribution < -0.4 is 16.4 Å². The van der Waals surface area contributed by atoms with E-state index < -0.39 is 11.0 Å². The second kappa shape index (κ2) is 7.60. The van der Waals surface area contributed by atoms with Crippen LogP contribution in [-0.2, 0) is 9.53 Å². The Hall–Kier alpha value is -1.92. The van der Waals surface area contributed by atoms with Crippen molar-refractivity contribution in [3.8, 4) is 0 Å². The summed E-state index contributed by atoms with van der Waals surface area (Å²) in [6.45, 7) is 12.4. The van der Waals surface area contributed by atoms with Crippen molar-refractivity contribution in [2.24, 2.45) is 11.1 Å². The molecule has 27 heavy (non-hydrogen) atoms. The van der Waals surface area contributed by atoms with Crippen molar-refractivity contribution in [1.29, 1.82) is 0 Å². The van der Waals surface area contributed by atoms with E-state index in [-0.39, 0.29) is 23.5 Å². The van der Waals surface area contributed by atoms with Crippen molar-refractivity contribution in [3.63, 3.8) is 0 Å². The lowest BCUT2D eigenvalue weighted by Gasteiger charge is -2.57. The summed E-state index contributed by atoms with van der Waals surface area (Å²) >= 11 is 0. The number of benzene rings is 1. The number of rotatable bonds is 7. The summed E-state index contributed by atoms with van der Waals surface area (Å²) in [6, 6.07) is 6.85. The average molecular weight is 376 g/mol. The Labute approximate surface area is 162 Å². The predicted octanol–water partition coefficient (Wildman–Crippen LogP) is 3.08. The summed E-state index contributed by atoms with van der Waals surface area (Å²) in [5.74, 6) is -0.359. The van der Waals surface area contributed by atoms with Gasteiger partial charge in [0.05, 0.1) is 6.10 Å². The van der Waals surface area contributed by atoms with E-state index in [4.69, 9.17) is 10.5 Å². The molecule has 1 saturated carbocycles. The van der Waals surface area contributed by atoms with Crippen LogP contribution in [0.5, 0.6) is 0 Å². The maximum atomic E-state index is 12.8. The number of nitrogens with one attached hydrogen (secondary N) is 2. The first-order chi connectivity index (χ1) is 12.5. The fourth-order valence-corrected chi connectivity index (χ4v) is 3.24. The Morgan fingerprint density at radius 3 is 2.30 bits per heavy atom. The molecule has 0 bridgehead atoms. The van der Waals surface area contributed by atoms with Crippen LogP contribution in [0.15, 0.2) is 24.3 Å². The molecule has 0 heterocycles. The van der Waals surface area contributed by atoms with Gasteiger partial charge < -0.3 is 21.1 Å². The van der Waals surface area contributed by atoms with Crippen LogP contribution in [-0.4, -0.2) is 35.6 Å². The third kappa shape index (κ3) is 4.17. The number of anilines is 1. The van der Waals surface area contributed by atoms with Crippen LogP contribution in [0, 0.1) is 5.41 Å². The monoisotopic (exact) mass is 375 g/mol. The molecule has 0 spiro atoms. The molecule has 1 aromatic carbocycles. The van der Waals surface area contributed by atoms with Crippen LogP contribution in [0.4, 0.5) is 5.69 Å². The summed E-state index contributed by atoms with van der Waals surface area (Å²) < 4.78 is 5.68. The van der Waals surface area contributed by atoms with Crippen molar-refractivity contribution in [3.05, 3.63) is 29.8 Å². The van der Waals surface area contributed by atoms with E-state index in [1.165, 1.54) is 0 Å². The lowest BCUT2D eigenvalue weighted by molar-refractivity contribution is -0.166. The van der Waals surface area contributed by atoms with Crippen LogP contribution in [0.3, 0.4) is 0 Å². The topological polar surface area (TPSA) is 93.4 Å². The molecule has 1 aromatic rings. The molecule has 150 valence electrons. The molecule has 2 atom stereocenters. The summed E-state index contributed by atoms with van der Waals surface area (Å²) in [5.41, 5.74) is 5.88. The first kappa shape index (κ1) is 21.4. The molecule has 2 unspecified atom stereocenters. The fraction of sp³-hybridized carbons (Fsp3) is 0.619. The predicted molar refractivity (Wildman–Crippen MR) is 108 cm³/mol. The number of amides is 2. The van der Waals surface area contributed by atoms with E-state index in [0.717, 1.165) is 6.42 Å². The Bertz CT molecular complexity index is 697.